The van der Waals surface area contributed by atoms with Crippen LogP contribution in [0.25, 0.3) is 0 Å². The molecule has 0 saturated carbocycles. The lowest BCUT2D eigenvalue weighted by molar-refractivity contribution is -0.132. The van der Waals surface area contributed by atoms with Crippen molar-refractivity contribution in [1.29, 1.82) is 0 Å². The third-order valence-corrected chi connectivity index (χ3v) is 4.90. The molecule has 0 N–H and O–H groups in total. The highest BCUT2D eigenvalue weighted by Crippen LogP contribution is 2.29. The van der Waals surface area contributed by atoms with Crippen LogP contribution in [-0.4, -0.2) is 40.4 Å². The zero-order valence-corrected chi connectivity index (χ0v) is 14.5. The van der Waals surface area contributed by atoms with Gasteiger partial charge in [-0.3, -0.25) is 4.79 Å². The molecule has 1 amide bonds. The standard InChI is InChI=1S/C18H28N4O/c1-3-4-5-8-17(23)22-12-9-16-15(13-22)18(20-14(2)19-16)21-10-6-7-11-21/h3-13H2,1-2H3. The number of carbonyl (C=O) groups excluding carboxylic acids is 1. The summed E-state index contributed by atoms with van der Waals surface area (Å²) in [6, 6.07) is 0. The van der Waals surface area contributed by atoms with Crippen molar-refractivity contribution in [2.75, 3.05) is 24.5 Å². The van der Waals surface area contributed by atoms with E-state index in [-0.39, 0.29) is 5.91 Å². The maximum Gasteiger partial charge on any atom is 0.222 e. The lowest BCUT2D eigenvalue weighted by atomic mass is 10.0. The van der Waals surface area contributed by atoms with Crippen molar-refractivity contribution in [1.82, 2.24) is 14.9 Å². The molecule has 1 saturated heterocycles. The van der Waals surface area contributed by atoms with Crippen LogP contribution in [-0.2, 0) is 17.8 Å². The second-order valence-electron chi connectivity index (χ2n) is 6.74. The summed E-state index contributed by atoms with van der Waals surface area (Å²) >= 11 is 0. The Balaban J connectivity index is 1.77. The topological polar surface area (TPSA) is 49.3 Å². The molecule has 0 atom stereocenters. The molecule has 0 aromatic carbocycles. The van der Waals surface area contributed by atoms with Crippen LogP contribution in [0.4, 0.5) is 5.82 Å². The maximum absolute atomic E-state index is 12.5. The number of aromatic nitrogens is 2. The Morgan fingerprint density at radius 2 is 1.91 bits per heavy atom. The average Bonchev–Trinajstić information content (AvgIpc) is 3.08. The van der Waals surface area contributed by atoms with Gasteiger partial charge in [0, 0.05) is 38.0 Å². The fraction of sp³-hybridized carbons (Fsp3) is 0.722. The van der Waals surface area contributed by atoms with Crippen molar-refractivity contribution in [3.63, 3.8) is 0 Å². The number of aryl methyl sites for hydroxylation is 1. The van der Waals surface area contributed by atoms with E-state index in [0.29, 0.717) is 13.0 Å². The summed E-state index contributed by atoms with van der Waals surface area (Å²) in [4.78, 5) is 26.2. The van der Waals surface area contributed by atoms with E-state index in [1.54, 1.807) is 0 Å². The quantitative estimate of drug-likeness (QED) is 0.784. The first-order chi connectivity index (χ1) is 11.2. The molecule has 1 aromatic rings. The minimum atomic E-state index is 0.289. The van der Waals surface area contributed by atoms with E-state index in [2.05, 4.69) is 16.8 Å². The first-order valence-electron chi connectivity index (χ1n) is 9.08. The molecule has 3 rings (SSSR count). The van der Waals surface area contributed by atoms with E-state index in [1.807, 2.05) is 11.8 Å². The SMILES string of the molecule is CCCCCC(=O)N1CCc2nc(C)nc(N3CCCC3)c2C1. The van der Waals surface area contributed by atoms with E-state index in [1.165, 1.54) is 18.4 Å². The number of anilines is 1. The van der Waals surface area contributed by atoms with Gasteiger partial charge < -0.3 is 9.80 Å². The predicted octanol–water partition coefficient (Wildman–Crippen LogP) is 2.85. The second kappa shape index (κ2) is 7.28. The summed E-state index contributed by atoms with van der Waals surface area (Å²) in [6.45, 7) is 7.78. The highest BCUT2D eigenvalue weighted by molar-refractivity contribution is 5.76. The lowest BCUT2D eigenvalue weighted by Gasteiger charge is -2.31. The van der Waals surface area contributed by atoms with Crippen molar-refractivity contribution in [3.05, 3.63) is 17.1 Å². The zero-order chi connectivity index (χ0) is 16.2. The molecule has 0 bridgehead atoms. The summed E-state index contributed by atoms with van der Waals surface area (Å²) in [5, 5.41) is 0. The van der Waals surface area contributed by atoms with E-state index in [9.17, 15) is 4.79 Å². The number of fused-ring (bicyclic) bond motifs is 1. The van der Waals surface area contributed by atoms with E-state index in [0.717, 1.165) is 62.7 Å². The van der Waals surface area contributed by atoms with Gasteiger partial charge in [0.25, 0.3) is 0 Å². The van der Waals surface area contributed by atoms with Gasteiger partial charge in [-0.15, -0.1) is 0 Å². The number of unbranched alkanes of at least 4 members (excludes halogenated alkanes) is 2. The first kappa shape index (κ1) is 16.2. The molecule has 5 heteroatoms. The molecule has 2 aliphatic rings. The van der Waals surface area contributed by atoms with Crippen LogP contribution in [0.3, 0.4) is 0 Å². The Kier molecular flexibility index (Phi) is 5.13. The first-order valence-corrected chi connectivity index (χ1v) is 9.08. The van der Waals surface area contributed by atoms with Gasteiger partial charge in [-0.2, -0.15) is 0 Å². The van der Waals surface area contributed by atoms with Gasteiger partial charge in [-0.05, 0) is 26.2 Å². The van der Waals surface area contributed by atoms with Gasteiger partial charge in [0.15, 0.2) is 0 Å². The lowest BCUT2D eigenvalue weighted by Crippen LogP contribution is -2.38. The number of hydrogen-bond donors (Lipinski definition) is 0. The van der Waals surface area contributed by atoms with Crippen LogP contribution in [0.15, 0.2) is 0 Å². The Labute approximate surface area is 139 Å². The van der Waals surface area contributed by atoms with Crippen LogP contribution in [0.5, 0.6) is 0 Å². The summed E-state index contributed by atoms with van der Waals surface area (Å²) < 4.78 is 0. The molecule has 0 unspecified atom stereocenters. The molecule has 5 nitrogen and oxygen atoms in total. The fourth-order valence-electron chi connectivity index (χ4n) is 3.60. The van der Waals surface area contributed by atoms with Crippen molar-refractivity contribution < 1.29 is 4.79 Å². The third-order valence-electron chi connectivity index (χ3n) is 4.90. The third kappa shape index (κ3) is 3.65. The number of carbonyl (C=O) groups is 1. The molecule has 3 heterocycles. The molecular formula is C18H28N4O. The van der Waals surface area contributed by atoms with Gasteiger partial charge in [0.1, 0.15) is 11.6 Å². The summed E-state index contributed by atoms with van der Waals surface area (Å²) in [7, 11) is 0. The minimum Gasteiger partial charge on any atom is -0.356 e. The molecular weight excluding hydrogens is 288 g/mol. The van der Waals surface area contributed by atoms with Crippen molar-refractivity contribution in [2.45, 2.75) is 65.3 Å². The molecule has 23 heavy (non-hydrogen) atoms. The van der Waals surface area contributed by atoms with Crippen molar-refractivity contribution in [3.8, 4) is 0 Å². The fourth-order valence-corrected chi connectivity index (χ4v) is 3.60. The van der Waals surface area contributed by atoms with Gasteiger partial charge in [0.05, 0.1) is 12.2 Å². The minimum absolute atomic E-state index is 0.289. The number of nitrogens with zero attached hydrogens (tertiary/aromatic N) is 4. The number of hydrogen-bond acceptors (Lipinski definition) is 4. The molecule has 1 aromatic heterocycles. The normalized spacial score (nSPS) is 17.5. The molecule has 0 aliphatic carbocycles. The smallest absolute Gasteiger partial charge is 0.222 e. The van der Waals surface area contributed by atoms with Gasteiger partial charge in [0.2, 0.25) is 5.91 Å². The Morgan fingerprint density at radius 3 is 2.65 bits per heavy atom. The van der Waals surface area contributed by atoms with Crippen LogP contribution >= 0.6 is 0 Å². The van der Waals surface area contributed by atoms with Crippen LogP contribution < -0.4 is 4.90 Å². The Morgan fingerprint density at radius 1 is 1.13 bits per heavy atom. The average molecular weight is 316 g/mol. The number of rotatable bonds is 5. The van der Waals surface area contributed by atoms with E-state index >= 15 is 0 Å². The van der Waals surface area contributed by atoms with E-state index in [4.69, 9.17) is 4.98 Å². The second-order valence-corrected chi connectivity index (χ2v) is 6.74. The van der Waals surface area contributed by atoms with Gasteiger partial charge in [-0.1, -0.05) is 19.8 Å². The number of amides is 1. The summed E-state index contributed by atoms with van der Waals surface area (Å²) in [5.74, 6) is 2.22. The van der Waals surface area contributed by atoms with Gasteiger partial charge >= 0.3 is 0 Å². The molecule has 126 valence electrons. The van der Waals surface area contributed by atoms with Gasteiger partial charge in [-0.25, -0.2) is 9.97 Å². The van der Waals surface area contributed by atoms with E-state index < -0.39 is 0 Å². The van der Waals surface area contributed by atoms with Crippen molar-refractivity contribution in [2.24, 2.45) is 0 Å². The Hall–Kier alpha value is -1.65. The molecule has 1 fully saturated rings. The molecule has 0 radical (unpaired) electrons. The van der Waals surface area contributed by atoms with Crippen LogP contribution in [0, 0.1) is 6.92 Å². The summed E-state index contributed by atoms with van der Waals surface area (Å²) in [5.41, 5.74) is 2.34. The predicted molar refractivity (Wildman–Crippen MR) is 91.5 cm³/mol. The Bertz CT molecular complexity index is 566. The maximum atomic E-state index is 12.5. The summed E-state index contributed by atoms with van der Waals surface area (Å²) in [6.07, 6.45) is 7.30. The van der Waals surface area contributed by atoms with Crippen LogP contribution in [0.2, 0.25) is 0 Å². The highest BCUT2D eigenvalue weighted by Gasteiger charge is 2.27. The highest BCUT2D eigenvalue weighted by atomic mass is 16.2. The van der Waals surface area contributed by atoms with Crippen LogP contribution in [0.1, 0.15) is 62.5 Å². The molecule has 0 spiro atoms. The molecule has 2 aliphatic heterocycles. The zero-order valence-electron chi connectivity index (χ0n) is 14.5. The monoisotopic (exact) mass is 316 g/mol. The largest absolute Gasteiger partial charge is 0.356 e. The van der Waals surface area contributed by atoms with Crippen molar-refractivity contribution >= 4 is 11.7 Å².